The Labute approximate surface area is 139 Å². The molecule has 5 heteroatoms. The normalized spacial score (nSPS) is 12.7. The average molecular weight is 330 g/mol. The highest BCUT2D eigenvalue weighted by Crippen LogP contribution is 2.40. The van der Waals surface area contributed by atoms with Crippen LogP contribution in [0.2, 0.25) is 5.02 Å². The SMILES string of the molecule is Cc1ccc(NC(=O)/C=C/c2cc(Cl)c3c(c2)OCO3)cc1C. The van der Waals surface area contributed by atoms with Crippen LogP contribution in [-0.2, 0) is 4.79 Å². The summed E-state index contributed by atoms with van der Waals surface area (Å²) in [6.07, 6.45) is 3.15. The maximum atomic E-state index is 12.0. The first-order chi connectivity index (χ1) is 11.0. The van der Waals surface area contributed by atoms with E-state index in [1.807, 2.05) is 32.0 Å². The summed E-state index contributed by atoms with van der Waals surface area (Å²) >= 11 is 6.11. The van der Waals surface area contributed by atoms with Gasteiger partial charge in [-0.25, -0.2) is 0 Å². The molecule has 0 unspecified atom stereocenters. The van der Waals surface area contributed by atoms with Gasteiger partial charge in [0.15, 0.2) is 11.5 Å². The summed E-state index contributed by atoms with van der Waals surface area (Å²) in [7, 11) is 0. The number of fused-ring (bicyclic) bond motifs is 1. The number of hydrogen-bond donors (Lipinski definition) is 1. The van der Waals surface area contributed by atoms with E-state index in [9.17, 15) is 4.79 Å². The summed E-state index contributed by atoms with van der Waals surface area (Å²) in [5.41, 5.74) is 3.86. The van der Waals surface area contributed by atoms with E-state index in [-0.39, 0.29) is 12.7 Å². The van der Waals surface area contributed by atoms with Crippen molar-refractivity contribution in [1.29, 1.82) is 0 Å². The molecule has 4 nitrogen and oxygen atoms in total. The first kappa shape index (κ1) is 15.4. The topological polar surface area (TPSA) is 47.6 Å². The number of benzene rings is 2. The van der Waals surface area contributed by atoms with Gasteiger partial charge < -0.3 is 14.8 Å². The zero-order valence-electron chi connectivity index (χ0n) is 12.9. The molecule has 0 radical (unpaired) electrons. The summed E-state index contributed by atoms with van der Waals surface area (Å²) in [4.78, 5) is 12.0. The molecule has 0 aromatic heterocycles. The Kier molecular flexibility index (Phi) is 4.26. The van der Waals surface area contributed by atoms with Gasteiger partial charge in [0.25, 0.3) is 0 Å². The Balaban J connectivity index is 1.71. The van der Waals surface area contributed by atoms with Crippen LogP contribution in [-0.4, -0.2) is 12.7 Å². The third-order valence-electron chi connectivity index (χ3n) is 3.65. The van der Waals surface area contributed by atoms with E-state index in [1.165, 1.54) is 11.6 Å². The number of rotatable bonds is 3. The molecular formula is C18H16ClNO3. The van der Waals surface area contributed by atoms with Gasteiger partial charge in [0.05, 0.1) is 5.02 Å². The molecule has 0 saturated heterocycles. The maximum absolute atomic E-state index is 12.0. The number of aryl methyl sites for hydroxylation is 2. The molecule has 118 valence electrons. The number of halogens is 1. The number of anilines is 1. The molecule has 2 aromatic carbocycles. The number of carbonyl (C=O) groups excluding carboxylic acids is 1. The molecule has 1 N–H and O–H groups in total. The molecule has 1 aliphatic heterocycles. The fourth-order valence-corrected chi connectivity index (χ4v) is 2.53. The van der Waals surface area contributed by atoms with Gasteiger partial charge in [0, 0.05) is 11.8 Å². The van der Waals surface area contributed by atoms with Crippen LogP contribution in [0, 0.1) is 13.8 Å². The highest BCUT2D eigenvalue weighted by atomic mass is 35.5. The number of ether oxygens (including phenoxy) is 2. The molecule has 1 amide bonds. The van der Waals surface area contributed by atoms with Gasteiger partial charge >= 0.3 is 0 Å². The monoisotopic (exact) mass is 329 g/mol. The average Bonchev–Trinajstić information content (AvgIpc) is 2.98. The standard InChI is InChI=1S/C18H16ClNO3/c1-11-3-5-14(7-12(11)2)20-17(21)6-4-13-8-15(19)18-16(9-13)22-10-23-18/h3-9H,10H2,1-2H3,(H,20,21)/b6-4+. The molecule has 1 heterocycles. The number of carbonyl (C=O) groups is 1. The van der Waals surface area contributed by atoms with Crippen molar-refractivity contribution in [3.63, 3.8) is 0 Å². The van der Waals surface area contributed by atoms with Gasteiger partial charge in [0.2, 0.25) is 12.7 Å². The van der Waals surface area contributed by atoms with Crippen molar-refractivity contribution in [3.8, 4) is 11.5 Å². The second-order valence-electron chi connectivity index (χ2n) is 5.36. The van der Waals surface area contributed by atoms with Crippen LogP contribution in [0.3, 0.4) is 0 Å². The molecular weight excluding hydrogens is 314 g/mol. The van der Waals surface area contributed by atoms with Gasteiger partial charge in [0.1, 0.15) is 0 Å². The quantitative estimate of drug-likeness (QED) is 0.852. The summed E-state index contributed by atoms with van der Waals surface area (Å²) in [5.74, 6) is 0.928. The smallest absolute Gasteiger partial charge is 0.248 e. The molecule has 2 aromatic rings. The fourth-order valence-electron chi connectivity index (χ4n) is 2.26. The lowest BCUT2D eigenvalue weighted by molar-refractivity contribution is -0.111. The van der Waals surface area contributed by atoms with Crippen molar-refractivity contribution in [1.82, 2.24) is 0 Å². The van der Waals surface area contributed by atoms with E-state index < -0.39 is 0 Å². The number of nitrogens with one attached hydrogen (secondary N) is 1. The largest absolute Gasteiger partial charge is 0.454 e. The van der Waals surface area contributed by atoms with Gasteiger partial charge in [-0.3, -0.25) is 4.79 Å². The third kappa shape index (κ3) is 3.48. The highest BCUT2D eigenvalue weighted by Gasteiger charge is 2.17. The first-order valence-electron chi connectivity index (χ1n) is 7.18. The predicted molar refractivity (Wildman–Crippen MR) is 91.2 cm³/mol. The molecule has 0 fully saturated rings. The third-order valence-corrected chi connectivity index (χ3v) is 3.93. The van der Waals surface area contributed by atoms with E-state index in [0.29, 0.717) is 16.5 Å². The second kappa shape index (κ2) is 6.34. The summed E-state index contributed by atoms with van der Waals surface area (Å²) in [6.45, 7) is 4.20. The lowest BCUT2D eigenvalue weighted by Crippen LogP contribution is -2.07. The highest BCUT2D eigenvalue weighted by molar-refractivity contribution is 6.32. The number of amides is 1. The molecule has 23 heavy (non-hydrogen) atoms. The first-order valence-corrected chi connectivity index (χ1v) is 7.56. The van der Waals surface area contributed by atoms with Crippen LogP contribution in [0.25, 0.3) is 6.08 Å². The van der Waals surface area contributed by atoms with Crippen LogP contribution in [0.15, 0.2) is 36.4 Å². The Hall–Kier alpha value is -2.46. The Morgan fingerprint density at radius 1 is 1.17 bits per heavy atom. The van der Waals surface area contributed by atoms with Crippen molar-refractivity contribution in [2.24, 2.45) is 0 Å². The van der Waals surface area contributed by atoms with Crippen molar-refractivity contribution in [2.75, 3.05) is 12.1 Å². The molecule has 0 atom stereocenters. The zero-order valence-corrected chi connectivity index (χ0v) is 13.6. The minimum absolute atomic E-state index is 0.162. The molecule has 0 aliphatic carbocycles. The van der Waals surface area contributed by atoms with Crippen LogP contribution < -0.4 is 14.8 Å². The van der Waals surface area contributed by atoms with E-state index >= 15 is 0 Å². The van der Waals surface area contributed by atoms with Crippen LogP contribution in [0.5, 0.6) is 11.5 Å². The van der Waals surface area contributed by atoms with Crippen molar-refractivity contribution < 1.29 is 14.3 Å². The molecule has 3 rings (SSSR count). The van der Waals surface area contributed by atoms with Gasteiger partial charge in [-0.2, -0.15) is 0 Å². The predicted octanol–water partition coefficient (Wildman–Crippen LogP) is 4.34. The van der Waals surface area contributed by atoms with Gasteiger partial charge in [-0.15, -0.1) is 0 Å². The second-order valence-corrected chi connectivity index (χ2v) is 5.77. The molecule has 0 spiro atoms. The molecule has 0 saturated carbocycles. The lowest BCUT2D eigenvalue weighted by atomic mass is 10.1. The summed E-state index contributed by atoms with van der Waals surface area (Å²) < 4.78 is 10.6. The van der Waals surface area contributed by atoms with E-state index in [0.717, 1.165) is 16.8 Å². The van der Waals surface area contributed by atoms with E-state index in [2.05, 4.69) is 5.32 Å². The minimum atomic E-state index is -0.206. The van der Waals surface area contributed by atoms with Crippen molar-refractivity contribution >= 4 is 29.3 Å². The molecule has 1 aliphatic rings. The lowest BCUT2D eigenvalue weighted by Gasteiger charge is -2.05. The van der Waals surface area contributed by atoms with E-state index in [4.69, 9.17) is 21.1 Å². The van der Waals surface area contributed by atoms with Crippen molar-refractivity contribution in [3.05, 3.63) is 58.1 Å². The van der Waals surface area contributed by atoms with Gasteiger partial charge in [-0.1, -0.05) is 17.7 Å². The fraction of sp³-hybridized carbons (Fsp3) is 0.167. The summed E-state index contributed by atoms with van der Waals surface area (Å²) in [5, 5.41) is 3.30. The van der Waals surface area contributed by atoms with Gasteiger partial charge in [-0.05, 0) is 60.9 Å². The zero-order chi connectivity index (χ0) is 16.4. The Morgan fingerprint density at radius 2 is 2.00 bits per heavy atom. The minimum Gasteiger partial charge on any atom is -0.454 e. The van der Waals surface area contributed by atoms with Crippen molar-refractivity contribution in [2.45, 2.75) is 13.8 Å². The van der Waals surface area contributed by atoms with Crippen LogP contribution >= 0.6 is 11.6 Å². The molecule has 0 bridgehead atoms. The Bertz CT molecular complexity index is 799. The number of hydrogen-bond acceptors (Lipinski definition) is 3. The maximum Gasteiger partial charge on any atom is 0.248 e. The van der Waals surface area contributed by atoms with Crippen LogP contribution in [0.4, 0.5) is 5.69 Å². The van der Waals surface area contributed by atoms with Crippen LogP contribution in [0.1, 0.15) is 16.7 Å². The summed E-state index contributed by atoms with van der Waals surface area (Å²) in [6, 6.07) is 9.32. The van der Waals surface area contributed by atoms with E-state index in [1.54, 1.807) is 18.2 Å². The Morgan fingerprint density at radius 3 is 2.78 bits per heavy atom.